The van der Waals surface area contributed by atoms with Gasteiger partial charge in [0.25, 0.3) is 0 Å². The molecule has 4 N–H and O–H groups in total. The molecule has 0 aromatic carbocycles. The van der Waals surface area contributed by atoms with E-state index in [1.807, 2.05) is 23.1 Å². The number of nitrogens with one attached hydrogen (secondary N) is 1. The van der Waals surface area contributed by atoms with Crippen LogP contribution in [0, 0.1) is 11.3 Å². The van der Waals surface area contributed by atoms with Crippen LogP contribution in [-0.4, -0.2) is 141 Å². The van der Waals surface area contributed by atoms with Crippen LogP contribution in [0.4, 0.5) is 57.1 Å². The van der Waals surface area contributed by atoms with E-state index in [0.717, 1.165) is 35.1 Å². The number of hydrogen-bond donors (Lipinski definition) is 4. The first-order chi connectivity index (χ1) is 30.0. The van der Waals surface area contributed by atoms with Crippen molar-refractivity contribution in [3.8, 4) is 23.2 Å². The second-order valence-corrected chi connectivity index (χ2v) is 14.4. The maximum absolute atomic E-state index is 13.5. The maximum atomic E-state index is 13.5. The van der Waals surface area contributed by atoms with Gasteiger partial charge in [-0.05, 0) is 31.7 Å². The summed E-state index contributed by atoms with van der Waals surface area (Å²) in [7, 11) is 0. The van der Waals surface area contributed by atoms with Gasteiger partial charge in [0.05, 0.1) is 30.1 Å². The smallest absolute Gasteiger partial charge is 0.475 e. The number of fused-ring (bicyclic) bond motifs is 1. The van der Waals surface area contributed by atoms with Gasteiger partial charge in [-0.3, -0.25) is 14.5 Å². The van der Waals surface area contributed by atoms with Gasteiger partial charge in [0, 0.05) is 68.2 Å². The average molecular weight is 953 g/mol. The van der Waals surface area contributed by atoms with Gasteiger partial charge in [0.1, 0.15) is 29.8 Å². The summed E-state index contributed by atoms with van der Waals surface area (Å²) in [6, 6.07) is 5.95. The Balaban J connectivity index is 0.000000366. The number of aromatic nitrogens is 7. The topological polar surface area (TPSA) is 237 Å². The summed E-state index contributed by atoms with van der Waals surface area (Å²) in [6.07, 6.45) is -10.9. The molecule has 0 atom stereocenters. The Hall–Kier alpha value is -6.38. The zero-order valence-electron chi connectivity index (χ0n) is 32.7. The number of likely N-dealkylation sites (tertiary alicyclic amines) is 2. The van der Waals surface area contributed by atoms with Crippen LogP contribution < -0.4 is 4.74 Å². The number of halogens is 13. The fraction of sp³-hybridized carbons (Fsp3) is 0.514. The molecule has 3 fully saturated rings. The Bertz CT molecular complexity index is 2250. The SMILES string of the molecule is N#CCC1(n2cc(-c3ncnc4[nH]ccc34)cn2)CN(C2CCC(Oc3cc(CN4CC(F)C4)nc(C(F)(F)F)n3)CC2)C1.O=C(O)C(F)(F)F.O=C(O)C(F)(F)F.O=C(O)C(F)(F)F. The van der Waals surface area contributed by atoms with Crippen molar-refractivity contribution >= 4 is 28.9 Å². The van der Waals surface area contributed by atoms with E-state index in [1.54, 1.807) is 11.1 Å². The summed E-state index contributed by atoms with van der Waals surface area (Å²) in [6.45, 7) is 1.81. The molecule has 0 radical (unpaired) electrons. The highest BCUT2D eigenvalue weighted by Gasteiger charge is 2.48. The van der Waals surface area contributed by atoms with Crippen molar-refractivity contribution in [3.63, 3.8) is 0 Å². The van der Waals surface area contributed by atoms with Crippen molar-refractivity contribution in [2.24, 2.45) is 0 Å². The van der Waals surface area contributed by atoms with Crippen LogP contribution in [-0.2, 0) is 32.6 Å². The number of aromatic amines is 1. The van der Waals surface area contributed by atoms with Crippen LogP contribution in [0.5, 0.6) is 5.88 Å². The average Bonchev–Trinajstić information content (AvgIpc) is 3.86. The molecule has 7 rings (SSSR count). The first kappa shape index (κ1) is 51.3. The minimum Gasteiger partial charge on any atom is -0.475 e. The van der Waals surface area contributed by atoms with Crippen molar-refractivity contribution in [3.05, 3.63) is 48.6 Å². The minimum atomic E-state index is -5.08. The summed E-state index contributed by atoms with van der Waals surface area (Å²) in [5, 5.41) is 36.6. The van der Waals surface area contributed by atoms with Crippen LogP contribution >= 0.6 is 0 Å². The highest BCUT2D eigenvalue weighted by Crippen LogP contribution is 2.39. The fourth-order valence-corrected chi connectivity index (χ4v) is 6.56. The predicted molar refractivity (Wildman–Crippen MR) is 190 cm³/mol. The standard InChI is InChI=1S/C29H30F4N10O.3C2HF3O2/c30-19-12-41(13-19)14-20-9-24(40-27(39-20)29(31,32)33)44-22-3-1-21(2-4-22)42-15-28(16-42,6-7-34)43-11-18(10-38-43)25-23-5-8-35-26(23)37-17-36-25;3*3-2(4,5)1(6)7/h5,8-11,17,19,21-22H,1-4,6,12-16H2,(H,35,36,37);3*(H,6,7). The zero-order valence-corrected chi connectivity index (χ0v) is 32.7. The second-order valence-electron chi connectivity index (χ2n) is 14.4. The molecule has 0 unspecified atom stereocenters. The molecule has 1 saturated carbocycles. The van der Waals surface area contributed by atoms with E-state index in [0.29, 0.717) is 32.4 Å². The van der Waals surface area contributed by atoms with E-state index in [1.165, 1.54) is 12.4 Å². The van der Waals surface area contributed by atoms with Crippen LogP contribution in [0.2, 0.25) is 0 Å². The molecule has 17 nitrogen and oxygen atoms in total. The first-order valence-corrected chi connectivity index (χ1v) is 18.4. The number of alkyl halides is 13. The summed E-state index contributed by atoms with van der Waals surface area (Å²) in [5.41, 5.74) is 2.08. The second kappa shape index (κ2) is 20.2. The number of rotatable bonds is 8. The molecule has 0 bridgehead atoms. The van der Waals surface area contributed by atoms with Crippen LogP contribution in [0.1, 0.15) is 43.6 Å². The number of nitriles is 1. The molecule has 4 aromatic rings. The Kier molecular flexibility index (Phi) is 15.9. The fourth-order valence-electron chi connectivity index (χ4n) is 6.56. The monoisotopic (exact) mass is 952 g/mol. The third-order valence-electron chi connectivity index (χ3n) is 9.58. The minimum absolute atomic E-state index is 0.102. The number of carboxylic acids is 3. The number of carboxylic acid groups (broad SMARTS) is 3. The molecular formula is C35H33F13N10O7. The predicted octanol–water partition coefficient (Wildman–Crippen LogP) is 6.00. The number of carbonyl (C=O) groups is 3. The third-order valence-corrected chi connectivity index (χ3v) is 9.58. The zero-order chi connectivity index (χ0) is 48.7. The van der Waals surface area contributed by atoms with E-state index < -0.39 is 60.1 Å². The molecule has 6 heterocycles. The van der Waals surface area contributed by atoms with Gasteiger partial charge in [-0.15, -0.1) is 0 Å². The van der Waals surface area contributed by atoms with Crippen molar-refractivity contribution in [2.75, 3.05) is 26.2 Å². The molecule has 2 saturated heterocycles. The van der Waals surface area contributed by atoms with Crippen LogP contribution in [0.25, 0.3) is 22.3 Å². The lowest BCUT2D eigenvalue weighted by atomic mass is 9.82. The van der Waals surface area contributed by atoms with Crippen molar-refractivity contribution in [1.82, 2.24) is 44.5 Å². The normalized spacial score (nSPS) is 19.1. The molecule has 2 aliphatic heterocycles. The number of aliphatic carboxylic acids is 3. The molecule has 0 spiro atoms. The van der Waals surface area contributed by atoms with Crippen molar-refractivity contribution in [2.45, 2.75) is 87.2 Å². The largest absolute Gasteiger partial charge is 0.490 e. The Morgan fingerprint density at radius 2 is 1.42 bits per heavy atom. The number of ether oxygens (including phenoxy) is 1. The van der Waals surface area contributed by atoms with E-state index >= 15 is 0 Å². The molecule has 65 heavy (non-hydrogen) atoms. The van der Waals surface area contributed by atoms with Gasteiger partial charge in [-0.1, -0.05) is 0 Å². The lowest BCUT2D eigenvalue weighted by Gasteiger charge is -2.53. The third kappa shape index (κ3) is 14.1. The Labute approximate surface area is 355 Å². The van der Waals surface area contributed by atoms with Crippen LogP contribution in [0.3, 0.4) is 0 Å². The van der Waals surface area contributed by atoms with Crippen molar-refractivity contribution < 1.29 is 91.5 Å². The summed E-state index contributed by atoms with van der Waals surface area (Å²) < 4.78 is 157. The molecule has 356 valence electrons. The number of H-pyrrole nitrogens is 1. The van der Waals surface area contributed by atoms with Gasteiger partial charge in [-0.25, -0.2) is 33.7 Å². The van der Waals surface area contributed by atoms with Crippen molar-refractivity contribution in [1.29, 1.82) is 5.26 Å². The molecular weight excluding hydrogens is 919 g/mol. The Morgan fingerprint density at radius 1 is 0.862 bits per heavy atom. The van der Waals surface area contributed by atoms with E-state index in [-0.39, 0.29) is 43.4 Å². The van der Waals surface area contributed by atoms with Gasteiger partial charge in [-0.2, -0.15) is 68.0 Å². The van der Waals surface area contributed by atoms with Gasteiger partial charge >= 0.3 is 42.6 Å². The number of nitrogens with zero attached hydrogens (tertiary/aromatic N) is 9. The van der Waals surface area contributed by atoms with Gasteiger partial charge in [0.15, 0.2) is 0 Å². The highest BCUT2D eigenvalue weighted by molar-refractivity contribution is 5.90. The van der Waals surface area contributed by atoms with E-state index in [2.05, 4.69) is 41.0 Å². The summed E-state index contributed by atoms with van der Waals surface area (Å²) in [5.74, 6) is -9.62. The maximum Gasteiger partial charge on any atom is 0.490 e. The molecule has 3 aliphatic rings. The molecule has 0 amide bonds. The van der Waals surface area contributed by atoms with E-state index in [4.69, 9.17) is 34.4 Å². The molecule has 1 aliphatic carbocycles. The quantitative estimate of drug-likeness (QED) is 0.148. The number of hydrogen-bond acceptors (Lipinski definition) is 12. The van der Waals surface area contributed by atoms with Crippen LogP contribution in [0.15, 0.2) is 37.1 Å². The van der Waals surface area contributed by atoms with Gasteiger partial charge < -0.3 is 25.0 Å². The molecule has 4 aromatic heterocycles. The lowest BCUT2D eigenvalue weighted by Crippen LogP contribution is -2.65. The highest BCUT2D eigenvalue weighted by atomic mass is 19.4. The first-order valence-electron chi connectivity index (χ1n) is 18.4. The lowest BCUT2D eigenvalue weighted by molar-refractivity contribution is -0.193. The Morgan fingerprint density at radius 3 is 1.91 bits per heavy atom. The van der Waals surface area contributed by atoms with Gasteiger partial charge in [0.2, 0.25) is 11.7 Å². The summed E-state index contributed by atoms with van der Waals surface area (Å²) in [4.78, 5) is 49.8. The van der Waals surface area contributed by atoms with E-state index in [9.17, 15) is 62.3 Å². The summed E-state index contributed by atoms with van der Waals surface area (Å²) >= 11 is 0. The molecule has 30 heteroatoms.